The zero-order valence-corrected chi connectivity index (χ0v) is 14.1. The third-order valence-corrected chi connectivity index (χ3v) is 5.65. The van der Waals surface area contributed by atoms with E-state index in [2.05, 4.69) is 0 Å². The van der Waals surface area contributed by atoms with Crippen LogP contribution in [0.15, 0.2) is 24.3 Å². The van der Waals surface area contributed by atoms with Gasteiger partial charge in [-0.25, -0.2) is 0 Å². The number of benzene rings is 1. The number of carbonyl (C=O) groups is 1. The topological polar surface area (TPSA) is 49.8 Å². The highest BCUT2D eigenvalue weighted by Crippen LogP contribution is 2.49. The molecule has 0 bridgehead atoms. The Morgan fingerprint density at radius 3 is 2.70 bits per heavy atom. The van der Waals surface area contributed by atoms with Crippen LogP contribution in [-0.4, -0.2) is 35.2 Å². The molecule has 0 unspecified atom stereocenters. The summed E-state index contributed by atoms with van der Waals surface area (Å²) in [6, 6.07) is 7.95. The Hall–Kier alpha value is -1.55. The molecule has 1 aliphatic heterocycles. The number of rotatable bonds is 3. The lowest BCUT2D eigenvalue weighted by molar-refractivity contribution is -0.155. The standard InChI is InChI=1S/C19H27NO3/c1-3-17(21)20-13-12-19(22)11-5-4-6-16(19)18(20)14-7-9-15(23-2)10-8-14/h7-10,16,18,22H,3-6,11-13H2,1-2H3/t16-,18+,19-/m1/s1. The third kappa shape index (κ3) is 2.97. The molecule has 1 aliphatic carbocycles. The van der Waals surface area contributed by atoms with Crippen LogP contribution in [0.25, 0.3) is 0 Å². The van der Waals surface area contributed by atoms with E-state index in [1.54, 1.807) is 7.11 Å². The van der Waals surface area contributed by atoms with Crippen LogP contribution in [0.3, 0.4) is 0 Å². The number of hydrogen-bond acceptors (Lipinski definition) is 3. The molecule has 126 valence electrons. The molecule has 2 fully saturated rings. The number of amides is 1. The van der Waals surface area contributed by atoms with Crippen molar-refractivity contribution < 1.29 is 14.6 Å². The van der Waals surface area contributed by atoms with Crippen molar-refractivity contribution in [3.8, 4) is 5.75 Å². The van der Waals surface area contributed by atoms with E-state index >= 15 is 0 Å². The Balaban J connectivity index is 1.98. The number of ether oxygens (including phenoxy) is 1. The Labute approximate surface area is 138 Å². The molecule has 0 aromatic heterocycles. The van der Waals surface area contributed by atoms with Crippen molar-refractivity contribution in [1.29, 1.82) is 0 Å². The summed E-state index contributed by atoms with van der Waals surface area (Å²) in [5.41, 5.74) is 0.491. The predicted molar refractivity (Wildman–Crippen MR) is 89.3 cm³/mol. The fourth-order valence-corrected chi connectivity index (χ4v) is 4.38. The number of carbonyl (C=O) groups excluding carboxylic acids is 1. The maximum atomic E-state index is 12.5. The van der Waals surface area contributed by atoms with Crippen LogP contribution in [0.1, 0.15) is 57.1 Å². The molecule has 4 heteroatoms. The van der Waals surface area contributed by atoms with E-state index in [1.165, 1.54) is 0 Å². The summed E-state index contributed by atoms with van der Waals surface area (Å²) >= 11 is 0. The van der Waals surface area contributed by atoms with Crippen molar-refractivity contribution in [1.82, 2.24) is 4.90 Å². The maximum Gasteiger partial charge on any atom is 0.222 e. The smallest absolute Gasteiger partial charge is 0.222 e. The minimum Gasteiger partial charge on any atom is -0.497 e. The van der Waals surface area contributed by atoms with E-state index < -0.39 is 5.60 Å². The highest BCUT2D eigenvalue weighted by atomic mass is 16.5. The molecule has 0 spiro atoms. The highest BCUT2D eigenvalue weighted by Gasteiger charge is 2.49. The molecule has 1 N–H and O–H groups in total. The summed E-state index contributed by atoms with van der Waals surface area (Å²) < 4.78 is 5.25. The molecular weight excluding hydrogens is 290 g/mol. The van der Waals surface area contributed by atoms with Gasteiger partial charge in [0.15, 0.2) is 0 Å². The Morgan fingerprint density at radius 1 is 1.30 bits per heavy atom. The third-order valence-electron chi connectivity index (χ3n) is 5.65. The molecular formula is C19H27NO3. The first-order valence-corrected chi connectivity index (χ1v) is 8.75. The number of hydrogen-bond donors (Lipinski definition) is 1. The monoisotopic (exact) mass is 317 g/mol. The lowest BCUT2D eigenvalue weighted by atomic mass is 9.66. The fourth-order valence-electron chi connectivity index (χ4n) is 4.38. The number of aliphatic hydroxyl groups is 1. The van der Waals surface area contributed by atoms with Crippen molar-refractivity contribution in [3.05, 3.63) is 29.8 Å². The minimum atomic E-state index is -0.618. The fraction of sp³-hybridized carbons (Fsp3) is 0.632. The molecule has 2 aliphatic rings. The molecule has 4 nitrogen and oxygen atoms in total. The zero-order chi connectivity index (χ0) is 16.4. The van der Waals surface area contributed by atoms with Crippen LogP contribution in [0.5, 0.6) is 5.75 Å². The number of nitrogens with zero attached hydrogens (tertiary/aromatic N) is 1. The van der Waals surface area contributed by atoms with Crippen LogP contribution in [0.2, 0.25) is 0 Å². The van der Waals surface area contributed by atoms with Crippen LogP contribution in [0, 0.1) is 5.92 Å². The first-order valence-electron chi connectivity index (χ1n) is 8.75. The van der Waals surface area contributed by atoms with Crippen LogP contribution >= 0.6 is 0 Å². The van der Waals surface area contributed by atoms with Gasteiger partial charge in [0.25, 0.3) is 0 Å². The van der Waals surface area contributed by atoms with Gasteiger partial charge in [0.05, 0.1) is 18.8 Å². The van der Waals surface area contributed by atoms with E-state index in [1.807, 2.05) is 36.1 Å². The van der Waals surface area contributed by atoms with Crippen LogP contribution < -0.4 is 4.74 Å². The van der Waals surface area contributed by atoms with E-state index in [4.69, 9.17) is 4.74 Å². The van der Waals surface area contributed by atoms with Crippen molar-refractivity contribution in [2.24, 2.45) is 5.92 Å². The van der Waals surface area contributed by atoms with Gasteiger partial charge in [-0.05, 0) is 37.0 Å². The number of fused-ring (bicyclic) bond motifs is 1. The maximum absolute atomic E-state index is 12.5. The Morgan fingerprint density at radius 2 is 2.04 bits per heavy atom. The van der Waals surface area contributed by atoms with Gasteiger partial charge in [0.2, 0.25) is 5.91 Å². The van der Waals surface area contributed by atoms with E-state index in [0.29, 0.717) is 19.4 Å². The van der Waals surface area contributed by atoms with Gasteiger partial charge < -0.3 is 14.7 Å². The Kier molecular flexibility index (Phi) is 4.62. The van der Waals surface area contributed by atoms with Crippen molar-refractivity contribution in [2.75, 3.05) is 13.7 Å². The molecule has 0 radical (unpaired) electrons. The predicted octanol–water partition coefficient (Wildman–Crippen LogP) is 3.30. The molecule has 1 saturated carbocycles. The van der Waals surface area contributed by atoms with Gasteiger partial charge in [-0.1, -0.05) is 31.9 Å². The second kappa shape index (κ2) is 6.52. The van der Waals surface area contributed by atoms with Crippen molar-refractivity contribution in [2.45, 2.75) is 57.1 Å². The summed E-state index contributed by atoms with van der Waals surface area (Å²) in [7, 11) is 1.66. The van der Waals surface area contributed by atoms with Crippen molar-refractivity contribution >= 4 is 5.91 Å². The normalized spacial score (nSPS) is 30.7. The first-order chi connectivity index (χ1) is 11.1. The quantitative estimate of drug-likeness (QED) is 0.930. The van der Waals surface area contributed by atoms with Gasteiger partial charge in [-0.15, -0.1) is 0 Å². The molecule has 1 amide bonds. The van der Waals surface area contributed by atoms with Crippen LogP contribution in [0.4, 0.5) is 0 Å². The largest absolute Gasteiger partial charge is 0.497 e. The lowest BCUT2D eigenvalue weighted by Gasteiger charge is -2.52. The highest BCUT2D eigenvalue weighted by molar-refractivity contribution is 5.76. The molecule has 3 rings (SSSR count). The summed E-state index contributed by atoms with van der Waals surface area (Å²) in [6.07, 6.45) is 5.28. The van der Waals surface area contributed by atoms with Gasteiger partial charge in [-0.2, -0.15) is 0 Å². The van der Waals surface area contributed by atoms with Crippen molar-refractivity contribution in [3.63, 3.8) is 0 Å². The molecule has 1 aromatic carbocycles. The van der Waals surface area contributed by atoms with E-state index in [9.17, 15) is 9.90 Å². The van der Waals surface area contributed by atoms with Gasteiger partial charge in [-0.3, -0.25) is 4.79 Å². The van der Waals surface area contributed by atoms with E-state index in [0.717, 1.165) is 37.0 Å². The molecule has 1 saturated heterocycles. The summed E-state index contributed by atoms with van der Waals surface area (Å²) in [4.78, 5) is 14.5. The SMILES string of the molecule is CCC(=O)N1CC[C@]2(O)CCCC[C@@H]2[C@@H]1c1ccc(OC)cc1. The minimum absolute atomic E-state index is 0.0209. The van der Waals surface area contributed by atoms with Gasteiger partial charge in [0.1, 0.15) is 5.75 Å². The van der Waals surface area contributed by atoms with E-state index in [-0.39, 0.29) is 17.9 Å². The first kappa shape index (κ1) is 16.3. The molecule has 23 heavy (non-hydrogen) atoms. The Bertz CT molecular complexity index is 556. The number of likely N-dealkylation sites (tertiary alicyclic amines) is 1. The average Bonchev–Trinajstić information content (AvgIpc) is 2.59. The second-order valence-corrected chi connectivity index (χ2v) is 6.86. The molecule has 1 aromatic rings. The van der Waals surface area contributed by atoms with Gasteiger partial charge in [0, 0.05) is 18.9 Å². The zero-order valence-electron chi connectivity index (χ0n) is 14.1. The molecule has 3 atom stereocenters. The van der Waals surface area contributed by atoms with Gasteiger partial charge >= 0.3 is 0 Å². The number of piperidine rings is 1. The summed E-state index contributed by atoms with van der Waals surface area (Å²) in [5, 5.41) is 11.1. The number of methoxy groups -OCH3 is 1. The lowest BCUT2D eigenvalue weighted by Crippen LogP contribution is -2.56. The molecule has 1 heterocycles. The second-order valence-electron chi connectivity index (χ2n) is 6.86. The summed E-state index contributed by atoms with van der Waals surface area (Å²) in [6.45, 7) is 2.56. The average molecular weight is 317 g/mol. The summed E-state index contributed by atoms with van der Waals surface area (Å²) in [5.74, 6) is 1.13. The van der Waals surface area contributed by atoms with Crippen LogP contribution in [-0.2, 0) is 4.79 Å².